The molecule has 0 spiro atoms. The molecule has 0 aliphatic carbocycles. The zero-order valence-electron chi connectivity index (χ0n) is 15.4. The second-order valence-corrected chi connectivity index (χ2v) is 7.40. The molecule has 3 aromatic rings. The normalized spacial score (nSPS) is 21.1. The summed E-state index contributed by atoms with van der Waals surface area (Å²) in [6, 6.07) is 9.33. The third kappa shape index (κ3) is 2.89. The van der Waals surface area contributed by atoms with Crippen molar-refractivity contribution in [1.82, 2.24) is 4.90 Å². The van der Waals surface area contributed by atoms with Gasteiger partial charge in [-0.15, -0.1) is 0 Å². The fourth-order valence-corrected chi connectivity index (χ4v) is 4.19. The number of hydrogen-bond acceptors (Lipinski definition) is 5. The number of halogens is 1. The highest BCUT2D eigenvalue weighted by atomic mass is 19.1. The minimum absolute atomic E-state index is 0.0230. The maximum Gasteiger partial charge on any atom is 0.291 e. The van der Waals surface area contributed by atoms with Crippen LogP contribution in [0, 0.1) is 5.82 Å². The number of benzene rings is 2. The summed E-state index contributed by atoms with van der Waals surface area (Å²) in [5, 5.41) is 9.74. The summed E-state index contributed by atoms with van der Waals surface area (Å²) in [6.07, 6.45) is 1.63. The van der Waals surface area contributed by atoms with E-state index in [4.69, 9.17) is 9.15 Å². The van der Waals surface area contributed by atoms with E-state index in [0.29, 0.717) is 18.7 Å². The Morgan fingerprint density at radius 2 is 1.93 bits per heavy atom. The molecule has 2 atom stereocenters. The van der Waals surface area contributed by atoms with Gasteiger partial charge in [-0.25, -0.2) is 4.39 Å². The predicted molar refractivity (Wildman–Crippen MR) is 102 cm³/mol. The Bertz CT molecular complexity index is 1160. The summed E-state index contributed by atoms with van der Waals surface area (Å²) in [4.78, 5) is 28.1. The van der Waals surface area contributed by atoms with Gasteiger partial charge in [0, 0.05) is 13.2 Å². The van der Waals surface area contributed by atoms with Crippen molar-refractivity contribution < 1.29 is 23.4 Å². The topological polar surface area (TPSA) is 80.0 Å². The molecule has 6 nitrogen and oxygen atoms in total. The molecule has 0 bridgehead atoms. The lowest BCUT2D eigenvalue weighted by molar-refractivity contribution is 0.0486. The number of aromatic hydroxyl groups is 1. The van der Waals surface area contributed by atoms with Crippen molar-refractivity contribution in [3.8, 4) is 5.75 Å². The van der Waals surface area contributed by atoms with Crippen LogP contribution in [0.5, 0.6) is 5.75 Å². The number of rotatable bonds is 3. The van der Waals surface area contributed by atoms with Crippen LogP contribution >= 0.6 is 0 Å². The molecule has 148 valence electrons. The fourth-order valence-electron chi connectivity index (χ4n) is 4.19. The molecule has 0 radical (unpaired) electrons. The van der Waals surface area contributed by atoms with E-state index in [-0.39, 0.29) is 34.1 Å². The summed E-state index contributed by atoms with van der Waals surface area (Å²) in [7, 11) is 0. The monoisotopic (exact) mass is 395 g/mol. The molecule has 3 heterocycles. The fraction of sp³-hybridized carbons (Fsp3) is 0.273. The second kappa shape index (κ2) is 6.70. The van der Waals surface area contributed by atoms with Crippen molar-refractivity contribution in [3.05, 3.63) is 75.4 Å². The number of phenolic OH excluding ortho intramolecular Hbond substituents is 1. The van der Waals surface area contributed by atoms with Gasteiger partial charge in [0.1, 0.15) is 17.1 Å². The second-order valence-electron chi connectivity index (χ2n) is 7.40. The van der Waals surface area contributed by atoms with Crippen LogP contribution in [0.25, 0.3) is 11.0 Å². The quantitative estimate of drug-likeness (QED) is 0.736. The van der Waals surface area contributed by atoms with Gasteiger partial charge in [-0.2, -0.15) is 0 Å². The average molecular weight is 395 g/mol. The Morgan fingerprint density at radius 1 is 1.14 bits per heavy atom. The first-order valence-electron chi connectivity index (χ1n) is 9.50. The number of carbonyl (C=O) groups excluding carboxylic acids is 1. The van der Waals surface area contributed by atoms with Gasteiger partial charge < -0.3 is 19.2 Å². The molecule has 2 aliphatic rings. The van der Waals surface area contributed by atoms with Crippen LogP contribution in [0.1, 0.15) is 40.6 Å². The minimum Gasteiger partial charge on any atom is -0.508 e. The number of nitrogens with zero attached hydrogens (tertiary/aromatic N) is 1. The molecule has 2 aliphatic heterocycles. The summed E-state index contributed by atoms with van der Waals surface area (Å²) in [5.74, 6) is -0.884. The van der Waals surface area contributed by atoms with E-state index in [1.165, 1.54) is 24.3 Å². The molecular weight excluding hydrogens is 377 g/mol. The van der Waals surface area contributed by atoms with Crippen LogP contribution in [-0.2, 0) is 4.74 Å². The lowest BCUT2D eigenvalue weighted by atomic mass is 9.98. The molecule has 1 saturated heterocycles. The molecule has 1 N–H and O–H groups in total. The first kappa shape index (κ1) is 17.9. The Balaban J connectivity index is 1.71. The molecule has 7 heteroatoms. The van der Waals surface area contributed by atoms with E-state index in [2.05, 4.69) is 0 Å². The first-order chi connectivity index (χ1) is 14.0. The summed E-state index contributed by atoms with van der Waals surface area (Å²) in [6.45, 7) is 0.961. The highest BCUT2D eigenvalue weighted by molar-refractivity contribution is 5.99. The molecular formula is C22H18FNO5. The largest absolute Gasteiger partial charge is 0.508 e. The lowest BCUT2D eigenvalue weighted by Gasteiger charge is -2.27. The number of ether oxygens (including phenoxy) is 1. The Morgan fingerprint density at radius 3 is 2.66 bits per heavy atom. The van der Waals surface area contributed by atoms with Crippen molar-refractivity contribution in [3.63, 3.8) is 0 Å². The van der Waals surface area contributed by atoms with Crippen molar-refractivity contribution in [2.75, 3.05) is 13.2 Å². The smallest absolute Gasteiger partial charge is 0.291 e. The zero-order valence-corrected chi connectivity index (χ0v) is 15.4. The van der Waals surface area contributed by atoms with Gasteiger partial charge in [0.2, 0.25) is 5.76 Å². The highest BCUT2D eigenvalue weighted by Gasteiger charge is 2.43. The Labute approximate surface area is 165 Å². The van der Waals surface area contributed by atoms with Crippen molar-refractivity contribution >= 4 is 16.9 Å². The molecule has 0 saturated carbocycles. The predicted octanol–water partition coefficient (Wildman–Crippen LogP) is 3.36. The van der Waals surface area contributed by atoms with Gasteiger partial charge in [-0.05, 0) is 48.7 Å². The summed E-state index contributed by atoms with van der Waals surface area (Å²) < 4.78 is 25.2. The van der Waals surface area contributed by atoms with Crippen LogP contribution in [0.4, 0.5) is 4.39 Å². The van der Waals surface area contributed by atoms with Crippen molar-refractivity contribution in [2.24, 2.45) is 0 Å². The van der Waals surface area contributed by atoms with Gasteiger partial charge in [-0.1, -0.05) is 12.1 Å². The number of carbonyl (C=O) groups is 1. The van der Waals surface area contributed by atoms with Gasteiger partial charge in [0.25, 0.3) is 5.91 Å². The molecule has 29 heavy (non-hydrogen) atoms. The van der Waals surface area contributed by atoms with Gasteiger partial charge in [0.15, 0.2) is 5.43 Å². The highest BCUT2D eigenvalue weighted by Crippen LogP contribution is 2.39. The first-order valence-corrected chi connectivity index (χ1v) is 9.50. The van der Waals surface area contributed by atoms with E-state index in [1.807, 2.05) is 0 Å². The third-order valence-electron chi connectivity index (χ3n) is 5.56. The van der Waals surface area contributed by atoms with Crippen LogP contribution in [0.2, 0.25) is 0 Å². The number of amides is 1. The molecule has 5 rings (SSSR count). The van der Waals surface area contributed by atoms with E-state index >= 15 is 0 Å². The molecule has 1 amide bonds. The molecule has 2 aromatic carbocycles. The SMILES string of the molecule is O=C1c2oc3ccc(F)cc3c(=O)c2C(c2ccc(O)cc2)N1CC1CCCO1. The van der Waals surface area contributed by atoms with Crippen LogP contribution in [0.3, 0.4) is 0 Å². The standard InChI is InChI=1S/C22H18FNO5/c23-13-5-8-17-16(10-13)20(26)18-19(12-3-6-14(25)7-4-12)24(22(27)21(18)29-17)11-15-2-1-9-28-15/h3-8,10,15,19,25H,1-2,9,11H2. The maximum absolute atomic E-state index is 13.8. The Kier molecular flexibility index (Phi) is 4.13. The summed E-state index contributed by atoms with van der Waals surface area (Å²) >= 11 is 0. The molecule has 2 unspecified atom stereocenters. The van der Waals surface area contributed by atoms with E-state index in [0.717, 1.165) is 18.9 Å². The number of phenols is 1. The summed E-state index contributed by atoms with van der Waals surface area (Å²) in [5.41, 5.74) is 0.599. The van der Waals surface area contributed by atoms with E-state index in [9.17, 15) is 19.1 Å². The zero-order chi connectivity index (χ0) is 20.1. The van der Waals surface area contributed by atoms with Crippen molar-refractivity contribution in [2.45, 2.75) is 25.0 Å². The number of fused-ring (bicyclic) bond motifs is 2. The lowest BCUT2D eigenvalue weighted by Crippen LogP contribution is -2.36. The van der Waals surface area contributed by atoms with Gasteiger partial charge in [0.05, 0.1) is 23.1 Å². The molecule has 1 aromatic heterocycles. The minimum atomic E-state index is -0.689. The van der Waals surface area contributed by atoms with Crippen LogP contribution in [-0.4, -0.2) is 35.2 Å². The van der Waals surface area contributed by atoms with Crippen molar-refractivity contribution in [1.29, 1.82) is 0 Å². The van der Waals surface area contributed by atoms with Crippen LogP contribution in [0.15, 0.2) is 51.7 Å². The van der Waals surface area contributed by atoms with Crippen LogP contribution < -0.4 is 5.43 Å². The van der Waals surface area contributed by atoms with Gasteiger partial charge in [-0.3, -0.25) is 9.59 Å². The van der Waals surface area contributed by atoms with E-state index in [1.54, 1.807) is 17.0 Å². The van der Waals surface area contributed by atoms with E-state index < -0.39 is 23.2 Å². The third-order valence-corrected chi connectivity index (χ3v) is 5.56. The molecule has 1 fully saturated rings. The maximum atomic E-state index is 13.8. The van der Waals surface area contributed by atoms with Gasteiger partial charge >= 0.3 is 0 Å². The Hall–Kier alpha value is -3.19. The number of hydrogen-bond donors (Lipinski definition) is 1. The average Bonchev–Trinajstić information content (AvgIpc) is 3.32.